The van der Waals surface area contributed by atoms with Crippen molar-refractivity contribution < 1.29 is 9.15 Å². The zero-order chi connectivity index (χ0) is 14.1. The highest BCUT2D eigenvalue weighted by Gasteiger charge is 2.20. The first-order valence-corrected chi connectivity index (χ1v) is 7.21. The van der Waals surface area contributed by atoms with E-state index in [0.29, 0.717) is 6.04 Å². The van der Waals surface area contributed by atoms with Crippen molar-refractivity contribution in [3.63, 3.8) is 0 Å². The smallest absolute Gasteiger partial charge is 0.399 e. The number of hydrogen-bond donors (Lipinski definition) is 1. The third kappa shape index (κ3) is 2.90. The van der Waals surface area contributed by atoms with Gasteiger partial charge in [-0.2, -0.15) is 4.98 Å². The van der Waals surface area contributed by atoms with Gasteiger partial charge in [-0.05, 0) is 35.7 Å². The molecule has 0 unspecified atom stereocenters. The predicted molar refractivity (Wildman–Crippen MR) is 80.4 cm³/mol. The van der Waals surface area contributed by atoms with Gasteiger partial charge in [0.1, 0.15) is 12.0 Å². The summed E-state index contributed by atoms with van der Waals surface area (Å²) in [5.41, 5.74) is 0.873. The lowest BCUT2D eigenvalue weighted by atomic mass is 10.1. The number of nitrogens with zero attached hydrogens (tertiary/aromatic N) is 1. The molecule has 3 aromatic rings. The molecule has 1 aromatic heterocycles. The van der Waals surface area contributed by atoms with Gasteiger partial charge in [0.25, 0.3) is 0 Å². The molecule has 0 spiro atoms. The second kappa shape index (κ2) is 5.22. The average Bonchev–Trinajstić information content (AvgIpc) is 3.25. The lowest BCUT2D eigenvalue weighted by molar-refractivity contribution is 0.331. The minimum absolute atomic E-state index is 0.290. The largest absolute Gasteiger partial charge is 0.417 e. The Balaban J connectivity index is 1.48. The quantitative estimate of drug-likeness (QED) is 0.770. The summed E-state index contributed by atoms with van der Waals surface area (Å²) in [4.78, 5) is 4.33. The molecular weight excluding hydrogens is 264 g/mol. The molecule has 0 atom stereocenters. The van der Waals surface area contributed by atoms with Crippen LogP contribution in [0.4, 0.5) is 0 Å². The van der Waals surface area contributed by atoms with Gasteiger partial charge in [-0.1, -0.05) is 30.3 Å². The second-order valence-corrected chi connectivity index (χ2v) is 5.37. The summed E-state index contributed by atoms with van der Waals surface area (Å²) >= 11 is 0. The monoisotopic (exact) mass is 280 g/mol. The second-order valence-electron chi connectivity index (χ2n) is 5.37. The molecule has 0 aliphatic heterocycles. The highest BCUT2D eigenvalue weighted by atomic mass is 16.6. The van der Waals surface area contributed by atoms with Crippen LogP contribution in [0.25, 0.3) is 10.8 Å². The van der Waals surface area contributed by atoms with Crippen LogP contribution in [0.2, 0.25) is 0 Å². The number of oxazole rings is 1. The van der Waals surface area contributed by atoms with Crippen molar-refractivity contribution in [3.05, 3.63) is 54.4 Å². The lowest BCUT2D eigenvalue weighted by Crippen LogP contribution is -2.15. The number of aromatic nitrogens is 1. The van der Waals surface area contributed by atoms with Gasteiger partial charge in [0.2, 0.25) is 0 Å². The van der Waals surface area contributed by atoms with E-state index in [0.717, 1.165) is 23.4 Å². The molecule has 21 heavy (non-hydrogen) atoms. The molecule has 1 N–H and O–H groups in total. The summed E-state index contributed by atoms with van der Waals surface area (Å²) in [7, 11) is 0. The number of ether oxygens (including phenoxy) is 1. The Hall–Kier alpha value is -2.33. The fraction of sp³-hybridized carbons (Fsp3) is 0.235. The van der Waals surface area contributed by atoms with Crippen LogP contribution in [0.1, 0.15) is 18.5 Å². The van der Waals surface area contributed by atoms with E-state index in [1.807, 2.05) is 30.3 Å². The molecule has 1 aliphatic carbocycles. The van der Waals surface area contributed by atoms with Crippen LogP contribution in [0.3, 0.4) is 0 Å². The van der Waals surface area contributed by atoms with Crippen LogP contribution in [-0.2, 0) is 6.54 Å². The molecule has 0 radical (unpaired) electrons. The Morgan fingerprint density at radius 1 is 1.14 bits per heavy atom. The van der Waals surface area contributed by atoms with E-state index in [1.54, 1.807) is 6.26 Å². The third-order valence-electron chi connectivity index (χ3n) is 3.61. The van der Waals surface area contributed by atoms with E-state index in [-0.39, 0.29) is 6.08 Å². The first-order valence-electron chi connectivity index (χ1n) is 7.21. The summed E-state index contributed by atoms with van der Waals surface area (Å²) in [6.45, 7) is 0.731. The first-order chi connectivity index (χ1) is 10.4. The zero-order valence-corrected chi connectivity index (χ0v) is 11.6. The number of rotatable bonds is 5. The molecule has 0 amide bonds. The minimum Gasteiger partial charge on any atom is -0.417 e. The van der Waals surface area contributed by atoms with Gasteiger partial charge in [-0.25, -0.2) is 0 Å². The summed E-state index contributed by atoms with van der Waals surface area (Å²) in [6.07, 6.45) is 4.46. The van der Waals surface area contributed by atoms with Crippen molar-refractivity contribution in [1.82, 2.24) is 10.3 Å². The van der Waals surface area contributed by atoms with E-state index in [2.05, 4.69) is 22.4 Å². The molecule has 1 aliphatic rings. The summed E-state index contributed by atoms with van der Waals surface area (Å²) < 4.78 is 11.0. The van der Waals surface area contributed by atoms with E-state index in [4.69, 9.17) is 9.15 Å². The van der Waals surface area contributed by atoms with Crippen LogP contribution in [0.5, 0.6) is 11.8 Å². The van der Waals surface area contributed by atoms with Crippen molar-refractivity contribution in [3.8, 4) is 11.8 Å². The van der Waals surface area contributed by atoms with Crippen molar-refractivity contribution in [1.29, 1.82) is 0 Å². The van der Waals surface area contributed by atoms with Crippen LogP contribution >= 0.6 is 0 Å². The van der Waals surface area contributed by atoms with Crippen LogP contribution in [0, 0.1) is 0 Å². The minimum atomic E-state index is 0.290. The molecular formula is C17H16N2O2. The van der Waals surface area contributed by atoms with Crippen LogP contribution in [-0.4, -0.2) is 11.0 Å². The van der Waals surface area contributed by atoms with E-state index < -0.39 is 0 Å². The third-order valence-corrected chi connectivity index (χ3v) is 3.61. The van der Waals surface area contributed by atoms with Crippen molar-refractivity contribution in [2.75, 3.05) is 0 Å². The lowest BCUT2D eigenvalue weighted by Gasteiger charge is -2.02. The van der Waals surface area contributed by atoms with Crippen LogP contribution in [0.15, 0.2) is 53.1 Å². The number of fused-ring (bicyclic) bond motifs is 1. The molecule has 1 fully saturated rings. The maximum absolute atomic E-state index is 5.68. The predicted octanol–water partition coefficient (Wildman–Crippen LogP) is 3.87. The van der Waals surface area contributed by atoms with E-state index >= 15 is 0 Å². The van der Waals surface area contributed by atoms with Crippen molar-refractivity contribution in [2.24, 2.45) is 0 Å². The molecule has 106 valence electrons. The van der Waals surface area contributed by atoms with E-state index in [9.17, 15) is 0 Å². The average molecular weight is 280 g/mol. The molecule has 2 aromatic carbocycles. The van der Waals surface area contributed by atoms with E-state index in [1.165, 1.54) is 18.2 Å². The maximum Gasteiger partial charge on any atom is 0.399 e. The molecule has 4 nitrogen and oxygen atoms in total. The summed E-state index contributed by atoms with van der Waals surface area (Å²) in [5.74, 6) is 0.734. The van der Waals surface area contributed by atoms with Gasteiger partial charge < -0.3 is 14.5 Å². The zero-order valence-electron chi connectivity index (χ0n) is 11.6. The molecule has 4 heteroatoms. The SMILES string of the molecule is c1ccc2cc(Oc3nc(CNC4CC4)co3)ccc2c1. The molecule has 0 bridgehead atoms. The Labute approximate surface area is 122 Å². The standard InChI is InChI=1S/C17H16N2O2/c1-2-4-13-9-16(8-5-12(13)3-1)21-17-19-15(11-20-17)10-18-14-6-7-14/h1-5,8-9,11,14,18H,6-7,10H2. The highest BCUT2D eigenvalue weighted by Crippen LogP contribution is 2.25. The van der Waals surface area contributed by atoms with Crippen LogP contribution < -0.4 is 10.1 Å². The molecule has 1 heterocycles. The number of benzene rings is 2. The van der Waals surface area contributed by atoms with Crippen molar-refractivity contribution in [2.45, 2.75) is 25.4 Å². The van der Waals surface area contributed by atoms with Gasteiger partial charge in [0.05, 0.1) is 5.69 Å². The first kappa shape index (κ1) is 12.4. The highest BCUT2D eigenvalue weighted by molar-refractivity contribution is 5.83. The van der Waals surface area contributed by atoms with Gasteiger partial charge in [-0.3, -0.25) is 0 Å². The van der Waals surface area contributed by atoms with Crippen molar-refractivity contribution >= 4 is 10.8 Å². The fourth-order valence-electron chi connectivity index (χ4n) is 2.28. The molecule has 4 rings (SSSR count). The Kier molecular flexibility index (Phi) is 3.09. The normalized spacial score (nSPS) is 14.5. The fourth-order valence-corrected chi connectivity index (χ4v) is 2.28. The van der Waals surface area contributed by atoms with Gasteiger partial charge in [0.15, 0.2) is 0 Å². The van der Waals surface area contributed by atoms with Gasteiger partial charge >= 0.3 is 6.08 Å². The Morgan fingerprint density at radius 3 is 2.86 bits per heavy atom. The van der Waals surface area contributed by atoms with Gasteiger partial charge in [0, 0.05) is 12.6 Å². The summed E-state index contributed by atoms with van der Waals surface area (Å²) in [5, 5.41) is 5.72. The Bertz CT molecular complexity index is 762. The number of nitrogens with one attached hydrogen (secondary N) is 1. The topological polar surface area (TPSA) is 47.3 Å². The molecule has 0 saturated heterocycles. The Morgan fingerprint density at radius 2 is 2.00 bits per heavy atom. The molecule has 1 saturated carbocycles. The maximum atomic E-state index is 5.68. The number of hydrogen-bond acceptors (Lipinski definition) is 4. The van der Waals surface area contributed by atoms with Gasteiger partial charge in [-0.15, -0.1) is 0 Å². The summed E-state index contributed by atoms with van der Waals surface area (Å²) in [6, 6.07) is 14.8.